The first-order valence-corrected chi connectivity index (χ1v) is 8.09. The third-order valence-electron chi connectivity index (χ3n) is 2.75. The molecule has 5 nitrogen and oxygen atoms in total. The molecule has 0 unspecified atom stereocenters. The van der Waals surface area contributed by atoms with E-state index in [0.717, 1.165) is 39.2 Å². The molecule has 1 aromatic heterocycles. The fraction of sp³-hybridized carbons (Fsp3) is 0.286. The average Bonchev–Trinajstić information content (AvgIpc) is 2.50. The summed E-state index contributed by atoms with van der Waals surface area (Å²) in [4.78, 5) is 8.48. The first-order valence-electron chi connectivity index (χ1n) is 6.50. The van der Waals surface area contributed by atoms with Crippen molar-refractivity contribution in [2.24, 2.45) is 0 Å². The Labute approximate surface area is 140 Å². The highest BCUT2D eigenvalue weighted by atomic mass is 79.9. The molecule has 0 saturated heterocycles. The molecule has 0 aliphatic rings. The highest BCUT2D eigenvalue weighted by Crippen LogP contribution is 2.32. The third kappa shape index (κ3) is 4.07. The molecule has 1 aromatic carbocycles. The fourth-order valence-electron chi connectivity index (χ4n) is 1.70. The minimum atomic E-state index is 0.702. The van der Waals surface area contributed by atoms with Gasteiger partial charge in [-0.25, -0.2) is 9.97 Å². The first kappa shape index (κ1) is 16.0. The van der Waals surface area contributed by atoms with Gasteiger partial charge >= 0.3 is 0 Å². The molecule has 0 bridgehead atoms. The van der Waals surface area contributed by atoms with Crippen LogP contribution in [-0.4, -0.2) is 23.6 Å². The summed E-state index contributed by atoms with van der Waals surface area (Å²) in [6, 6.07) is 5.77. The summed E-state index contributed by atoms with van der Waals surface area (Å²) in [7, 11) is 1.64. The standard InChI is InChI=1S/C14H16Br2N4O/c1-3-6-17-13-12(16)14(19-8-18-13)20-9-4-5-10(15)11(7-9)21-2/h4-5,7-8H,3,6H2,1-2H3,(H2,17,18,19,20). The van der Waals surface area contributed by atoms with E-state index in [4.69, 9.17) is 4.74 Å². The van der Waals surface area contributed by atoms with Crippen LogP contribution in [0.1, 0.15) is 13.3 Å². The van der Waals surface area contributed by atoms with E-state index < -0.39 is 0 Å². The molecule has 0 spiro atoms. The largest absolute Gasteiger partial charge is 0.495 e. The number of ether oxygens (including phenoxy) is 1. The molecule has 2 aromatic rings. The van der Waals surface area contributed by atoms with Gasteiger partial charge in [-0.15, -0.1) is 0 Å². The third-order valence-corrected chi connectivity index (χ3v) is 4.15. The number of rotatable bonds is 6. The Balaban J connectivity index is 2.23. The van der Waals surface area contributed by atoms with Gasteiger partial charge in [-0.3, -0.25) is 0 Å². The van der Waals surface area contributed by atoms with Gasteiger partial charge in [0.2, 0.25) is 0 Å². The van der Waals surface area contributed by atoms with Crippen LogP contribution < -0.4 is 15.4 Å². The Morgan fingerprint density at radius 2 is 1.95 bits per heavy atom. The Morgan fingerprint density at radius 1 is 1.19 bits per heavy atom. The number of nitrogens with zero attached hydrogens (tertiary/aromatic N) is 2. The van der Waals surface area contributed by atoms with E-state index >= 15 is 0 Å². The molecule has 0 aliphatic carbocycles. The summed E-state index contributed by atoms with van der Waals surface area (Å²) in [5.74, 6) is 2.24. The predicted octanol–water partition coefficient (Wildman–Crippen LogP) is 4.58. The van der Waals surface area contributed by atoms with Crippen LogP contribution in [0.25, 0.3) is 0 Å². The molecule has 0 saturated carbocycles. The van der Waals surface area contributed by atoms with Crippen molar-refractivity contribution in [3.63, 3.8) is 0 Å². The van der Waals surface area contributed by atoms with E-state index in [1.807, 2.05) is 18.2 Å². The van der Waals surface area contributed by atoms with Crippen LogP contribution >= 0.6 is 31.9 Å². The fourth-order valence-corrected chi connectivity index (χ4v) is 2.55. The van der Waals surface area contributed by atoms with Crippen LogP contribution in [-0.2, 0) is 0 Å². The van der Waals surface area contributed by atoms with E-state index in [2.05, 4.69) is 59.4 Å². The molecule has 0 atom stereocenters. The van der Waals surface area contributed by atoms with Gasteiger partial charge in [0, 0.05) is 18.3 Å². The lowest BCUT2D eigenvalue weighted by Gasteiger charge is -2.12. The maximum Gasteiger partial charge on any atom is 0.150 e. The van der Waals surface area contributed by atoms with E-state index in [1.165, 1.54) is 6.33 Å². The van der Waals surface area contributed by atoms with Gasteiger partial charge in [-0.1, -0.05) is 6.92 Å². The lowest BCUT2D eigenvalue weighted by atomic mass is 10.3. The Kier molecular flexibility index (Phi) is 5.81. The second-order valence-corrected chi connectivity index (χ2v) is 5.93. The average molecular weight is 416 g/mol. The summed E-state index contributed by atoms with van der Waals surface area (Å²) < 4.78 is 7.00. The molecular formula is C14H16Br2N4O. The van der Waals surface area contributed by atoms with Crippen molar-refractivity contribution >= 4 is 49.2 Å². The van der Waals surface area contributed by atoms with Crippen LogP contribution in [0.5, 0.6) is 5.75 Å². The number of halogens is 2. The van der Waals surface area contributed by atoms with Crippen LogP contribution in [0.15, 0.2) is 33.5 Å². The molecule has 0 fully saturated rings. The maximum atomic E-state index is 5.29. The molecule has 0 aliphatic heterocycles. The summed E-state index contributed by atoms with van der Waals surface area (Å²) in [6.07, 6.45) is 2.56. The van der Waals surface area contributed by atoms with Crippen molar-refractivity contribution in [3.05, 3.63) is 33.5 Å². The van der Waals surface area contributed by atoms with E-state index in [-0.39, 0.29) is 0 Å². The van der Waals surface area contributed by atoms with Gasteiger partial charge in [0.1, 0.15) is 28.2 Å². The SMILES string of the molecule is CCCNc1ncnc(Nc2ccc(Br)c(OC)c2)c1Br. The van der Waals surface area contributed by atoms with Crippen molar-refractivity contribution in [2.75, 3.05) is 24.3 Å². The quantitative estimate of drug-likeness (QED) is 0.723. The lowest BCUT2D eigenvalue weighted by molar-refractivity contribution is 0.412. The summed E-state index contributed by atoms with van der Waals surface area (Å²) in [6.45, 7) is 2.97. The second-order valence-electron chi connectivity index (χ2n) is 4.29. The molecule has 1 heterocycles. The van der Waals surface area contributed by atoms with Gasteiger partial charge in [0.15, 0.2) is 0 Å². The van der Waals surface area contributed by atoms with Gasteiger partial charge in [0.05, 0.1) is 11.6 Å². The normalized spacial score (nSPS) is 10.3. The highest BCUT2D eigenvalue weighted by molar-refractivity contribution is 9.11. The molecule has 7 heteroatoms. The molecule has 0 amide bonds. The molecule has 0 radical (unpaired) electrons. The number of nitrogens with one attached hydrogen (secondary N) is 2. The second kappa shape index (κ2) is 7.61. The van der Waals surface area contributed by atoms with Crippen molar-refractivity contribution in [1.29, 1.82) is 0 Å². The molecule has 21 heavy (non-hydrogen) atoms. The number of hydrogen-bond donors (Lipinski definition) is 2. The number of methoxy groups -OCH3 is 1. The maximum absolute atomic E-state index is 5.29. The zero-order valence-electron chi connectivity index (χ0n) is 11.8. The highest BCUT2D eigenvalue weighted by Gasteiger charge is 2.09. The minimum absolute atomic E-state index is 0.702. The Bertz CT molecular complexity index is 622. The zero-order valence-corrected chi connectivity index (χ0v) is 15.0. The number of anilines is 3. The molecular weight excluding hydrogens is 400 g/mol. The van der Waals surface area contributed by atoms with Gasteiger partial charge in [-0.2, -0.15) is 0 Å². The monoisotopic (exact) mass is 414 g/mol. The van der Waals surface area contributed by atoms with Crippen molar-refractivity contribution in [1.82, 2.24) is 9.97 Å². The number of hydrogen-bond acceptors (Lipinski definition) is 5. The van der Waals surface area contributed by atoms with Crippen LogP contribution in [0.2, 0.25) is 0 Å². The lowest BCUT2D eigenvalue weighted by Crippen LogP contribution is -2.05. The predicted molar refractivity (Wildman–Crippen MR) is 92.5 cm³/mol. The Morgan fingerprint density at radius 3 is 2.67 bits per heavy atom. The molecule has 2 rings (SSSR count). The van der Waals surface area contributed by atoms with E-state index in [0.29, 0.717) is 5.82 Å². The first-order chi connectivity index (χ1) is 10.2. The summed E-state index contributed by atoms with van der Waals surface area (Å²) in [5, 5.41) is 6.50. The van der Waals surface area contributed by atoms with Crippen LogP contribution in [0.3, 0.4) is 0 Å². The van der Waals surface area contributed by atoms with Crippen molar-refractivity contribution < 1.29 is 4.74 Å². The Hall–Kier alpha value is -1.34. The summed E-state index contributed by atoms with van der Waals surface area (Å²) in [5.41, 5.74) is 0.885. The van der Waals surface area contributed by atoms with Crippen molar-refractivity contribution in [3.8, 4) is 5.75 Å². The number of aromatic nitrogens is 2. The minimum Gasteiger partial charge on any atom is -0.495 e. The van der Waals surface area contributed by atoms with E-state index in [9.17, 15) is 0 Å². The topological polar surface area (TPSA) is 59.1 Å². The van der Waals surface area contributed by atoms with Crippen LogP contribution in [0, 0.1) is 0 Å². The van der Waals surface area contributed by atoms with Gasteiger partial charge < -0.3 is 15.4 Å². The summed E-state index contributed by atoms with van der Waals surface area (Å²) >= 11 is 6.96. The van der Waals surface area contributed by atoms with Gasteiger partial charge in [-0.05, 0) is 50.4 Å². The number of benzene rings is 1. The van der Waals surface area contributed by atoms with Gasteiger partial charge in [0.25, 0.3) is 0 Å². The van der Waals surface area contributed by atoms with Crippen molar-refractivity contribution in [2.45, 2.75) is 13.3 Å². The smallest absolute Gasteiger partial charge is 0.150 e. The van der Waals surface area contributed by atoms with Crippen LogP contribution in [0.4, 0.5) is 17.3 Å². The molecule has 112 valence electrons. The van der Waals surface area contributed by atoms with E-state index in [1.54, 1.807) is 7.11 Å². The molecule has 2 N–H and O–H groups in total. The zero-order chi connectivity index (χ0) is 15.2.